The molecule has 33 heavy (non-hydrogen) atoms. The van der Waals surface area contributed by atoms with Crippen LogP contribution in [0.15, 0.2) is 83.1 Å². The molecule has 1 N–H and O–H groups in total. The Hall–Kier alpha value is -2.84. The lowest BCUT2D eigenvalue weighted by molar-refractivity contribution is -0.118. The lowest BCUT2D eigenvalue weighted by Crippen LogP contribution is -2.20. The molecule has 4 rings (SSSR count). The smallest absolute Gasteiger partial charge is 0.250 e. The zero-order valence-corrected chi connectivity index (χ0v) is 20.0. The van der Waals surface area contributed by atoms with Gasteiger partial charge in [-0.25, -0.2) is 5.43 Å². The van der Waals surface area contributed by atoms with Crippen molar-refractivity contribution in [2.24, 2.45) is 5.10 Å². The van der Waals surface area contributed by atoms with Crippen LogP contribution in [-0.2, 0) is 4.79 Å². The molecule has 3 aromatic carbocycles. The van der Waals surface area contributed by atoms with E-state index in [2.05, 4.69) is 20.7 Å². The Balaban J connectivity index is 1.51. The van der Waals surface area contributed by atoms with Gasteiger partial charge in [-0.3, -0.25) is 9.36 Å². The second-order valence-electron chi connectivity index (χ2n) is 6.76. The van der Waals surface area contributed by atoms with Gasteiger partial charge in [-0.1, -0.05) is 58.7 Å². The van der Waals surface area contributed by atoms with Crippen molar-refractivity contribution in [3.05, 3.63) is 93.4 Å². The molecule has 0 unspecified atom stereocenters. The molecule has 0 atom stereocenters. The molecule has 0 radical (unpaired) electrons. The van der Waals surface area contributed by atoms with E-state index in [1.54, 1.807) is 36.4 Å². The normalized spacial score (nSPS) is 11.1. The van der Waals surface area contributed by atoms with Crippen LogP contribution in [0.3, 0.4) is 0 Å². The average Bonchev–Trinajstić information content (AvgIpc) is 3.23. The molecule has 1 heterocycles. The molecule has 0 saturated heterocycles. The van der Waals surface area contributed by atoms with Gasteiger partial charge >= 0.3 is 0 Å². The van der Waals surface area contributed by atoms with Gasteiger partial charge in [0.1, 0.15) is 0 Å². The fourth-order valence-electron chi connectivity index (χ4n) is 2.90. The number of aromatic nitrogens is 3. The zero-order chi connectivity index (χ0) is 23.2. The van der Waals surface area contributed by atoms with Crippen molar-refractivity contribution in [3.63, 3.8) is 0 Å². The maximum atomic E-state index is 12.3. The summed E-state index contributed by atoms with van der Waals surface area (Å²) in [5.41, 5.74) is 4.95. The Kier molecular flexibility index (Phi) is 7.67. The number of hydrogen-bond donors (Lipinski definition) is 1. The molecule has 0 aliphatic carbocycles. The number of nitrogens with zero attached hydrogens (tertiary/aromatic N) is 4. The zero-order valence-electron chi connectivity index (χ0n) is 17.0. The maximum Gasteiger partial charge on any atom is 0.250 e. The van der Waals surface area contributed by atoms with Crippen molar-refractivity contribution >= 4 is 58.7 Å². The van der Waals surface area contributed by atoms with Gasteiger partial charge in [0.2, 0.25) is 0 Å². The predicted octanol–water partition coefficient (Wildman–Crippen LogP) is 6.14. The van der Waals surface area contributed by atoms with E-state index in [-0.39, 0.29) is 11.7 Å². The number of halogens is 3. The van der Waals surface area contributed by atoms with Crippen molar-refractivity contribution in [1.82, 2.24) is 20.2 Å². The molecule has 10 heteroatoms. The van der Waals surface area contributed by atoms with Crippen LogP contribution >= 0.6 is 46.6 Å². The van der Waals surface area contributed by atoms with Crippen LogP contribution < -0.4 is 5.43 Å². The van der Waals surface area contributed by atoms with Crippen LogP contribution in [-0.4, -0.2) is 32.6 Å². The summed E-state index contributed by atoms with van der Waals surface area (Å²) in [7, 11) is 0. The van der Waals surface area contributed by atoms with Gasteiger partial charge in [0.05, 0.1) is 12.0 Å². The molecule has 0 bridgehead atoms. The number of benzene rings is 3. The van der Waals surface area contributed by atoms with Crippen LogP contribution in [0.4, 0.5) is 0 Å². The third-order valence-electron chi connectivity index (χ3n) is 4.40. The summed E-state index contributed by atoms with van der Waals surface area (Å²) in [6, 6.07) is 21.8. The van der Waals surface area contributed by atoms with E-state index in [1.165, 1.54) is 18.0 Å². The number of nitrogens with one attached hydrogen (secondary N) is 1. The molecule has 6 nitrogen and oxygen atoms in total. The minimum absolute atomic E-state index is 0.0965. The first-order valence-corrected chi connectivity index (χ1v) is 11.8. The monoisotopic (exact) mass is 515 g/mol. The Morgan fingerprint density at radius 1 is 0.939 bits per heavy atom. The summed E-state index contributed by atoms with van der Waals surface area (Å²) in [5.74, 6) is 0.437. The third kappa shape index (κ3) is 6.15. The molecular formula is C23H16Cl3N5OS. The first kappa shape index (κ1) is 23.3. The van der Waals surface area contributed by atoms with Crippen molar-refractivity contribution in [3.8, 4) is 17.1 Å². The second-order valence-corrected chi connectivity index (χ2v) is 9.01. The molecule has 0 aliphatic heterocycles. The van der Waals surface area contributed by atoms with Crippen LogP contribution in [0.5, 0.6) is 0 Å². The lowest BCUT2D eigenvalue weighted by atomic mass is 10.2. The highest BCUT2D eigenvalue weighted by Gasteiger charge is 2.17. The van der Waals surface area contributed by atoms with E-state index in [0.717, 1.165) is 16.8 Å². The Bertz CT molecular complexity index is 1290. The summed E-state index contributed by atoms with van der Waals surface area (Å²) < 4.78 is 1.87. The molecule has 0 fully saturated rings. The van der Waals surface area contributed by atoms with Gasteiger partial charge in [0.15, 0.2) is 11.0 Å². The standard InChI is InChI=1S/C23H16Cl3N5OS/c24-17-6-4-16(5-7-17)22-29-30-23(31(22)20-10-8-18(25)9-11-20)33-14-21(32)28-27-13-15-2-1-3-19(26)12-15/h1-13H,14H2,(H,28,32). The molecule has 0 saturated carbocycles. The summed E-state index contributed by atoms with van der Waals surface area (Å²) in [6.07, 6.45) is 1.53. The van der Waals surface area contributed by atoms with Crippen LogP contribution in [0.25, 0.3) is 17.1 Å². The Morgan fingerprint density at radius 2 is 1.64 bits per heavy atom. The Labute approximate surface area is 209 Å². The summed E-state index contributed by atoms with van der Waals surface area (Å²) in [4.78, 5) is 12.3. The summed E-state index contributed by atoms with van der Waals surface area (Å²) >= 11 is 19.3. The van der Waals surface area contributed by atoms with Crippen LogP contribution in [0.1, 0.15) is 5.56 Å². The Morgan fingerprint density at radius 3 is 2.33 bits per heavy atom. The molecule has 1 aromatic heterocycles. The molecule has 1 amide bonds. The number of carbonyl (C=O) groups is 1. The minimum Gasteiger partial charge on any atom is -0.272 e. The van der Waals surface area contributed by atoms with Crippen molar-refractivity contribution in [2.75, 3.05) is 5.75 Å². The topological polar surface area (TPSA) is 72.2 Å². The first-order chi connectivity index (χ1) is 16.0. The van der Waals surface area contributed by atoms with E-state index < -0.39 is 0 Å². The van der Waals surface area contributed by atoms with Gasteiger partial charge in [-0.05, 0) is 66.2 Å². The highest BCUT2D eigenvalue weighted by atomic mass is 35.5. The van der Waals surface area contributed by atoms with E-state index in [9.17, 15) is 4.79 Å². The third-order valence-corrected chi connectivity index (χ3v) is 6.07. The number of carbonyl (C=O) groups excluding carboxylic acids is 1. The highest BCUT2D eigenvalue weighted by molar-refractivity contribution is 7.99. The summed E-state index contributed by atoms with van der Waals surface area (Å²) in [5, 5.41) is 15.0. The van der Waals surface area contributed by atoms with Crippen molar-refractivity contribution < 1.29 is 4.79 Å². The number of hydrogen-bond acceptors (Lipinski definition) is 5. The molecule has 4 aromatic rings. The van der Waals surface area contributed by atoms with Gasteiger partial charge in [-0.15, -0.1) is 10.2 Å². The van der Waals surface area contributed by atoms with E-state index in [4.69, 9.17) is 34.8 Å². The van der Waals surface area contributed by atoms with Crippen LogP contribution in [0.2, 0.25) is 15.1 Å². The van der Waals surface area contributed by atoms with Gasteiger partial charge in [0, 0.05) is 26.3 Å². The number of thioether (sulfide) groups is 1. The fourth-order valence-corrected chi connectivity index (χ4v) is 4.10. The van der Waals surface area contributed by atoms with Gasteiger partial charge in [-0.2, -0.15) is 5.10 Å². The van der Waals surface area contributed by atoms with Gasteiger partial charge < -0.3 is 0 Å². The quantitative estimate of drug-likeness (QED) is 0.182. The molecule has 166 valence electrons. The van der Waals surface area contributed by atoms with Crippen molar-refractivity contribution in [2.45, 2.75) is 5.16 Å². The lowest BCUT2D eigenvalue weighted by Gasteiger charge is -2.10. The number of amides is 1. The van der Waals surface area contributed by atoms with E-state index >= 15 is 0 Å². The largest absolute Gasteiger partial charge is 0.272 e. The highest BCUT2D eigenvalue weighted by Crippen LogP contribution is 2.29. The fraction of sp³-hybridized carbons (Fsp3) is 0.0435. The second kappa shape index (κ2) is 10.9. The number of hydrazone groups is 1. The van der Waals surface area contributed by atoms with E-state index in [0.29, 0.717) is 26.0 Å². The van der Waals surface area contributed by atoms with Crippen molar-refractivity contribution in [1.29, 1.82) is 0 Å². The predicted molar refractivity (Wildman–Crippen MR) is 135 cm³/mol. The number of rotatable bonds is 7. The first-order valence-electron chi connectivity index (χ1n) is 9.67. The average molecular weight is 517 g/mol. The molecule has 0 aliphatic rings. The summed E-state index contributed by atoms with van der Waals surface area (Å²) in [6.45, 7) is 0. The maximum absolute atomic E-state index is 12.3. The minimum atomic E-state index is -0.281. The van der Waals surface area contributed by atoms with Crippen LogP contribution in [0, 0.1) is 0 Å². The SMILES string of the molecule is O=C(CSc1nnc(-c2ccc(Cl)cc2)n1-c1ccc(Cl)cc1)NN=Cc1cccc(Cl)c1. The van der Waals surface area contributed by atoms with E-state index in [1.807, 2.05) is 41.0 Å². The van der Waals surface area contributed by atoms with Gasteiger partial charge in [0.25, 0.3) is 5.91 Å². The molecular weight excluding hydrogens is 501 g/mol. The molecule has 0 spiro atoms.